The van der Waals surface area contributed by atoms with Crippen LogP contribution in [0.2, 0.25) is 0 Å². The molecule has 0 N–H and O–H groups in total. The SMILES string of the molecule is CCOC(OCC)c1cn(C(C)c2ccccc2)nn1. The largest absolute Gasteiger partial charge is 0.347 e. The Hall–Kier alpha value is -1.72. The van der Waals surface area contributed by atoms with Gasteiger partial charge in [0.15, 0.2) is 0 Å². The summed E-state index contributed by atoms with van der Waals surface area (Å²) in [6.45, 7) is 7.10. The number of ether oxygens (including phenoxy) is 2. The van der Waals surface area contributed by atoms with Crippen LogP contribution in [-0.4, -0.2) is 28.2 Å². The molecule has 0 aliphatic heterocycles. The molecule has 0 saturated carbocycles. The second-order valence-electron chi connectivity index (χ2n) is 4.45. The normalized spacial score (nSPS) is 12.8. The molecule has 1 unspecified atom stereocenters. The molecule has 0 saturated heterocycles. The van der Waals surface area contributed by atoms with Crippen molar-refractivity contribution in [1.29, 1.82) is 0 Å². The second-order valence-corrected chi connectivity index (χ2v) is 4.45. The van der Waals surface area contributed by atoms with Gasteiger partial charge in [0.2, 0.25) is 6.29 Å². The molecule has 0 fully saturated rings. The molecular formula is C15H21N3O2. The van der Waals surface area contributed by atoms with Crippen molar-refractivity contribution in [3.63, 3.8) is 0 Å². The van der Waals surface area contributed by atoms with Gasteiger partial charge in [-0.1, -0.05) is 35.5 Å². The molecule has 1 aromatic carbocycles. The summed E-state index contributed by atoms with van der Waals surface area (Å²) in [7, 11) is 0. The number of nitrogens with zero attached hydrogens (tertiary/aromatic N) is 3. The van der Waals surface area contributed by atoms with E-state index in [1.165, 1.54) is 5.56 Å². The Balaban J connectivity index is 2.15. The first-order valence-electron chi connectivity index (χ1n) is 6.96. The summed E-state index contributed by atoms with van der Waals surface area (Å²) in [6, 6.07) is 10.3. The van der Waals surface area contributed by atoms with Crippen molar-refractivity contribution in [1.82, 2.24) is 15.0 Å². The van der Waals surface area contributed by atoms with Crippen molar-refractivity contribution in [2.75, 3.05) is 13.2 Å². The summed E-state index contributed by atoms with van der Waals surface area (Å²) >= 11 is 0. The smallest absolute Gasteiger partial charge is 0.204 e. The van der Waals surface area contributed by atoms with Gasteiger partial charge in [-0.2, -0.15) is 0 Å². The standard InChI is InChI=1S/C15H21N3O2/c1-4-19-15(20-5-2)14-11-18(17-16-14)12(3)13-9-7-6-8-10-13/h6-12,15H,4-5H2,1-3H3. The molecule has 108 valence electrons. The first-order valence-corrected chi connectivity index (χ1v) is 6.96. The predicted molar refractivity (Wildman–Crippen MR) is 76.3 cm³/mol. The van der Waals surface area contributed by atoms with E-state index in [4.69, 9.17) is 9.47 Å². The van der Waals surface area contributed by atoms with E-state index in [9.17, 15) is 0 Å². The first kappa shape index (κ1) is 14.7. The fourth-order valence-electron chi connectivity index (χ4n) is 1.99. The van der Waals surface area contributed by atoms with Crippen LogP contribution in [0.3, 0.4) is 0 Å². The number of benzene rings is 1. The Kier molecular flexibility index (Phi) is 5.26. The zero-order chi connectivity index (χ0) is 14.4. The summed E-state index contributed by atoms with van der Waals surface area (Å²) in [5.41, 5.74) is 1.89. The Morgan fingerprint density at radius 1 is 1.10 bits per heavy atom. The molecule has 2 rings (SSSR count). The average molecular weight is 275 g/mol. The lowest BCUT2D eigenvalue weighted by Gasteiger charge is -2.14. The van der Waals surface area contributed by atoms with E-state index in [-0.39, 0.29) is 6.04 Å². The molecule has 1 atom stereocenters. The summed E-state index contributed by atoms with van der Waals surface area (Å²) < 4.78 is 12.9. The minimum atomic E-state index is -0.443. The lowest BCUT2D eigenvalue weighted by atomic mass is 10.1. The van der Waals surface area contributed by atoms with E-state index in [0.717, 1.165) is 0 Å². The third-order valence-electron chi connectivity index (χ3n) is 3.08. The van der Waals surface area contributed by atoms with Crippen LogP contribution in [0.5, 0.6) is 0 Å². The van der Waals surface area contributed by atoms with Gasteiger partial charge in [-0.3, -0.25) is 0 Å². The molecule has 5 nitrogen and oxygen atoms in total. The highest BCUT2D eigenvalue weighted by atomic mass is 16.7. The van der Waals surface area contributed by atoms with E-state index in [2.05, 4.69) is 29.4 Å². The van der Waals surface area contributed by atoms with Gasteiger partial charge >= 0.3 is 0 Å². The minimum absolute atomic E-state index is 0.126. The zero-order valence-corrected chi connectivity index (χ0v) is 12.2. The Labute approximate surface area is 119 Å². The molecule has 20 heavy (non-hydrogen) atoms. The van der Waals surface area contributed by atoms with Crippen LogP contribution in [0.4, 0.5) is 0 Å². The van der Waals surface area contributed by atoms with Crippen LogP contribution in [-0.2, 0) is 9.47 Å². The Bertz CT molecular complexity index is 507. The predicted octanol–water partition coefficient (Wildman–Crippen LogP) is 2.96. The van der Waals surface area contributed by atoms with Crippen LogP contribution in [0.1, 0.15) is 44.4 Å². The fourth-order valence-corrected chi connectivity index (χ4v) is 1.99. The van der Waals surface area contributed by atoms with Crippen LogP contribution in [0.15, 0.2) is 36.5 Å². The van der Waals surface area contributed by atoms with Crippen LogP contribution < -0.4 is 0 Å². The molecule has 1 heterocycles. The fraction of sp³-hybridized carbons (Fsp3) is 0.467. The minimum Gasteiger partial charge on any atom is -0.347 e. The monoisotopic (exact) mass is 275 g/mol. The summed E-state index contributed by atoms with van der Waals surface area (Å²) in [5.74, 6) is 0. The van der Waals surface area contributed by atoms with Crippen LogP contribution in [0.25, 0.3) is 0 Å². The summed E-state index contributed by atoms with van der Waals surface area (Å²) in [5, 5.41) is 8.35. The van der Waals surface area contributed by atoms with Crippen LogP contribution in [0, 0.1) is 0 Å². The molecule has 0 radical (unpaired) electrons. The maximum absolute atomic E-state index is 5.53. The average Bonchev–Trinajstić information content (AvgIpc) is 2.97. The maximum atomic E-state index is 5.53. The number of hydrogen-bond donors (Lipinski definition) is 0. The van der Waals surface area contributed by atoms with E-state index in [1.807, 2.05) is 42.9 Å². The molecule has 0 aliphatic carbocycles. The van der Waals surface area contributed by atoms with Gasteiger partial charge in [-0.15, -0.1) is 5.10 Å². The van der Waals surface area contributed by atoms with Gasteiger partial charge in [0.1, 0.15) is 5.69 Å². The lowest BCUT2D eigenvalue weighted by Crippen LogP contribution is -2.09. The van der Waals surface area contributed by atoms with Crippen molar-refractivity contribution in [2.24, 2.45) is 0 Å². The van der Waals surface area contributed by atoms with E-state index >= 15 is 0 Å². The highest BCUT2D eigenvalue weighted by Gasteiger charge is 2.17. The topological polar surface area (TPSA) is 49.2 Å². The third kappa shape index (κ3) is 3.43. The number of aromatic nitrogens is 3. The van der Waals surface area contributed by atoms with E-state index in [0.29, 0.717) is 18.9 Å². The van der Waals surface area contributed by atoms with E-state index in [1.54, 1.807) is 0 Å². The summed E-state index contributed by atoms with van der Waals surface area (Å²) in [6.07, 6.45) is 1.44. The molecule has 5 heteroatoms. The van der Waals surface area contributed by atoms with Crippen molar-refractivity contribution < 1.29 is 9.47 Å². The number of hydrogen-bond acceptors (Lipinski definition) is 4. The van der Waals surface area contributed by atoms with Gasteiger partial charge in [0.05, 0.1) is 12.2 Å². The third-order valence-corrected chi connectivity index (χ3v) is 3.08. The van der Waals surface area contributed by atoms with Crippen molar-refractivity contribution >= 4 is 0 Å². The molecule has 1 aromatic heterocycles. The van der Waals surface area contributed by atoms with E-state index < -0.39 is 6.29 Å². The Morgan fingerprint density at radius 3 is 2.35 bits per heavy atom. The van der Waals surface area contributed by atoms with Crippen molar-refractivity contribution in [3.05, 3.63) is 47.8 Å². The van der Waals surface area contributed by atoms with Gasteiger partial charge in [0.25, 0.3) is 0 Å². The second kappa shape index (κ2) is 7.17. The maximum Gasteiger partial charge on any atom is 0.204 e. The molecule has 2 aromatic rings. The molecular weight excluding hydrogens is 254 g/mol. The van der Waals surface area contributed by atoms with Crippen molar-refractivity contribution in [3.8, 4) is 0 Å². The van der Waals surface area contributed by atoms with Crippen LogP contribution >= 0.6 is 0 Å². The van der Waals surface area contributed by atoms with Gasteiger partial charge in [-0.05, 0) is 26.3 Å². The lowest BCUT2D eigenvalue weighted by molar-refractivity contribution is -0.142. The highest BCUT2D eigenvalue weighted by Crippen LogP contribution is 2.20. The summed E-state index contributed by atoms with van der Waals surface area (Å²) in [4.78, 5) is 0. The number of rotatable bonds is 7. The van der Waals surface area contributed by atoms with Gasteiger partial charge < -0.3 is 9.47 Å². The molecule has 0 bridgehead atoms. The Morgan fingerprint density at radius 2 is 1.75 bits per heavy atom. The quantitative estimate of drug-likeness (QED) is 0.729. The van der Waals surface area contributed by atoms with Gasteiger partial charge in [-0.25, -0.2) is 4.68 Å². The first-order chi connectivity index (χ1) is 9.76. The highest BCUT2D eigenvalue weighted by molar-refractivity contribution is 5.19. The molecule has 0 spiro atoms. The molecule has 0 amide bonds. The van der Waals surface area contributed by atoms with Gasteiger partial charge in [0, 0.05) is 13.2 Å². The van der Waals surface area contributed by atoms with Crippen molar-refractivity contribution in [2.45, 2.75) is 33.1 Å². The zero-order valence-electron chi connectivity index (χ0n) is 12.2. The molecule has 0 aliphatic rings.